The maximum absolute atomic E-state index is 14.2. The maximum Gasteiger partial charge on any atom is 0.410 e. The average Bonchev–Trinajstić information content (AvgIpc) is 3.05. The van der Waals surface area contributed by atoms with Gasteiger partial charge in [0.25, 0.3) is 5.91 Å². The van der Waals surface area contributed by atoms with Crippen LogP contribution in [0.4, 0.5) is 13.6 Å². The zero-order valence-corrected chi connectivity index (χ0v) is 24.2. The van der Waals surface area contributed by atoms with Crippen LogP contribution in [0.15, 0.2) is 18.2 Å². The van der Waals surface area contributed by atoms with E-state index in [1.807, 2.05) is 34.6 Å². The van der Waals surface area contributed by atoms with E-state index in [0.29, 0.717) is 18.8 Å². The van der Waals surface area contributed by atoms with Crippen LogP contribution in [0, 0.1) is 22.5 Å². The minimum Gasteiger partial charge on any atom is -0.444 e. The van der Waals surface area contributed by atoms with Crippen LogP contribution in [0.25, 0.3) is 11.4 Å². The first kappa shape index (κ1) is 30.0. The van der Waals surface area contributed by atoms with Crippen LogP contribution in [-0.4, -0.2) is 57.6 Å². The van der Waals surface area contributed by atoms with E-state index >= 15 is 0 Å². The summed E-state index contributed by atoms with van der Waals surface area (Å²) < 4.78 is 35.4. The first-order valence-corrected chi connectivity index (χ1v) is 12.9. The van der Waals surface area contributed by atoms with Gasteiger partial charge < -0.3 is 24.8 Å². The number of ether oxygens (including phenoxy) is 1. The minimum atomic E-state index is -1.05. The third-order valence-corrected chi connectivity index (χ3v) is 6.31. The number of halogens is 2. The molecule has 3 rings (SSSR count). The fraction of sp³-hybridized carbons (Fsp3) is 0.571. The summed E-state index contributed by atoms with van der Waals surface area (Å²) in [5.74, 6) is -2.81. The zero-order valence-electron chi connectivity index (χ0n) is 24.2. The lowest BCUT2D eigenvalue weighted by molar-refractivity contribution is -0.124. The molecule has 0 saturated carbocycles. The predicted octanol–water partition coefficient (Wildman–Crippen LogP) is 4.50. The molecular weight excluding hydrogens is 508 g/mol. The zero-order chi connectivity index (χ0) is 29.5. The van der Waals surface area contributed by atoms with Crippen molar-refractivity contribution in [2.75, 3.05) is 13.6 Å². The number of rotatable bonds is 4. The van der Waals surface area contributed by atoms with Gasteiger partial charge in [0.05, 0.1) is 12.2 Å². The van der Waals surface area contributed by atoms with Crippen LogP contribution in [0.2, 0.25) is 0 Å². The molecule has 1 aliphatic rings. The number of benzene rings is 1. The molecule has 0 saturated heterocycles. The summed E-state index contributed by atoms with van der Waals surface area (Å²) in [5, 5.41) is 5.36. The second-order valence-electron chi connectivity index (χ2n) is 12.8. The molecule has 2 N–H and O–H groups in total. The van der Waals surface area contributed by atoms with Crippen LogP contribution < -0.4 is 10.6 Å². The molecular formula is C28H39F2N5O4. The molecule has 1 aromatic heterocycles. The molecule has 0 fully saturated rings. The lowest BCUT2D eigenvalue weighted by Gasteiger charge is -2.31. The number of hydrogen-bond acceptors (Lipinski definition) is 5. The molecule has 0 unspecified atom stereocenters. The Morgan fingerprint density at radius 3 is 2.23 bits per heavy atom. The summed E-state index contributed by atoms with van der Waals surface area (Å²) in [6.07, 6.45) is -0.552. The van der Waals surface area contributed by atoms with E-state index in [1.165, 1.54) is 18.0 Å². The summed E-state index contributed by atoms with van der Waals surface area (Å²) in [4.78, 5) is 45.6. The second kappa shape index (κ2) is 10.6. The van der Waals surface area contributed by atoms with E-state index in [2.05, 4.69) is 15.6 Å². The van der Waals surface area contributed by atoms with Gasteiger partial charge in [-0.15, -0.1) is 0 Å². The van der Waals surface area contributed by atoms with Gasteiger partial charge in [-0.1, -0.05) is 34.6 Å². The smallest absolute Gasteiger partial charge is 0.410 e. The Morgan fingerprint density at radius 2 is 1.69 bits per heavy atom. The highest BCUT2D eigenvalue weighted by Gasteiger charge is 2.39. The standard InChI is InChI=1S/C28H39F2N5O4/c1-26(2,3)21(24(37)31-9)33-23(36)20-19-13-34(25(38)39-27(4,5)6)14-28(7,8)15-35(19)22(32-20)16-10-11-17(29)18(30)12-16/h10-12,21H,13-15H2,1-9H3,(H,31,37)(H,33,36)/t21-/m1/s1. The summed E-state index contributed by atoms with van der Waals surface area (Å²) in [7, 11) is 1.48. The Bertz CT molecular complexity index is 1270. The molecule has 0 spiro atoms. The van der Waals surface area contributed by atoms with Crippen molar-refractivity contribution in [2.24, 2.45) is 10.8 Å². The summed E-state index contributed by atoms with van der Waals surface area (Å²) in [5.41, 5.74) is -1.21. The molecule has 0 aliphatic carbocycles. The molecule has 1 atom stereocenters. The fourth-order valence-electron chi connectivity index (χ4n) is 4.56. The Morgan fingerprint density at radius 1 is 1.05 bits per heavy atom. The van der Waals surface area contributed by atoms with Gasteiger partial charge >= 0.3 is 6.09 Å². The molecule has 0 radical (unpaired) electrons. The lowest BCUT2D eigenvalue weighted by Crippen LogP contribution is -2.53. The van der Waals surface area contributed by atoms with Crippen molar-refractivity contribution in [3.8, 4) is 11.4 Å². The summed E-state index contributed by atoms with van der Waals surface area (Å²) >= 11 is 0. The quantitative estimate of drug-likeness (QED) is 0.587. The van der Waals surface area contributed by atoms with Gasteiger partial charge in [0.1, 0.15) is 17.5 Å². The third kappa shape index (κ3) is 6.93. The lowest BCUT2D eigenvalue weighted by atomic mass is 9.86. The van der Waals surface area contributed by atoms with Crippen LogP contribution >= 0.6 is 0 Å². The van der Waals surface area contributed by atoms with Gasteiger partial charge in [0.2, 0.25) is 5.91 Å². The number of amides is 3. The van der Waals surface area contributed by atoms with Crippen LogP contribution in [0.1, 0.15) is 71.6 Å². The molecule has 3 amide bonds. The maximum atomic E-state index is 14.2. The topological polar surface area (TPSA) is 106 Å². The van der Waals surface area contributed by atoms with E-state index in [9.17, 15) is 23.2 Å². The van der Waals surface area contributed by atoms with Gasteiger partial charge in [0, 0.05) is 31.1 Å². The predicted molar refractivity (Wildman–Crippen MR) is 143 cm³/mol. The van der Waals surface area contributed by atoms with Crippen molar-refractivity contribution >= 4 is 17.9 Å². The monoisotopic (exact) mass is 547 g/mol. The Balaban J connectivity index is 2.19. The molecule has 2 heterocycles. The molecule has 2 aromatic rings. The van der Waals surface area contributed by atoms with E-state index in [4.69, 9.17) is 4.74 Å². The van der Waals surface area contributed by atoms with E-state index in [-0.39, 0.29) is 29.5 Å². The molecule has 9 nitrogen and oxygen atoms in total. The molecule has 214 valence electrons. The number of fused-ring (bicyclic) bond motifs is 1. The van der Waals surface area contributed by atoms with Crippen LogP contribution in [-0.2, 0) is 22.6 Å². The van der Waals surface area contributed by atoms with Crippen molar-refractivity contribution in [2.45, 2.75) is 80.1 Å². The number of carbonyl (C=O) groups excluding carboxylic acids is 3. The van der Waals surface area contributed by atoms with Crippen molar-refractivity contribution in [3.63, 3.8) is 0 Å². The van der Waals surface area contributed by atoms with Crippen LogP contribution in [0.3, 0.4) is 0 Å². The number of imidazole rings is 1. The van der Waals surface area contributed by atoms with Crippen LogP contribution in [0.5, 0.6) is 0 Å². The van der Waals surface area contributed by atoms with E-state index in [0.717, 1.165) is 12.1 Å². The van der Waals surface area contributed by atoms with Gasteiger partial charge in [-0.2, -0.15) is 0 Å². The highest BCUT2D eigenvalue weighted by atomic mass is 19.2. The molecule has 0 bridgehead atoms. The first-order valence-electron chi connectivity index (χ1n) is 12.9. The Hall–Kier alpha value is -3.50. The number of likely N-dealkylation sites (N-methyl/N-ethyl adjacent to an activating group) is 1. The fourth-order valence-corrected chi connectivity index (χ4v) is 4.56. The number of nitrogens with one attached hydrogen (secondary N) is 2. The second-order valence-corrected chi connectivity index (χ2v) is 12.8. The Labute approximate surface area is 228 Å². The highest BCUT2D eigenvalue weighted by molar-refractivity contribution is 5.98. The van der Waals surface area contributed by atoms with E-state index < -0.39 is 46.1 Å². The normalized spacial score (nSPS) is 16.1. The summed E-state index contributed by atoms with van der Waals surface area (Å²) in [6.45, 7) is 15.3. The molecule has 39 heavy (non-hydrogen) atoms. The van der Waals surface area contributed by atoms with Gasteiger partial charge in [-0.25, -0.2) is 18.6 Å². The number of carbonyl (C=O) groups is 3. The Kier molecular flexibility index (Phi) is 8.15. The minimum absolute atomic E-state index is 0.0147. The average molecular weight is 548 g/mol. The number of nitrogens with zero attached hydrogens (tertiary/aromatic N) is 3. The third-order valence-electron chi connectivity index (χ3n) is 6.31. The number of hydrogen-bond donors (Lipinski definition) is 2. The van der Waals surface area contributed by atoms with Gasteiger partial charge in [-0.05, 0) is 44.4 Å². The van der Waals surface area contributed by atoms with Crippen molar-refractivity contribution in [1.82, 2.24) is 25.1 Å². The first-order chi connectivity index (χ1) is 17.8. The summed E-state index contributed by atoms with van der Waals surface area (Å²) in [6, 6.07) is 2.53. The highest BCUT2D eigenvalue weighted by Crippen LogP contribution is 2.34. The number of aromatic nitrogens is 2. The van der Waals surface area contributed by atoms with Gasteiger partial charge in [0.15, 0.2) is 17.3 Å². The van der Waals surface area contributed by atoms with Gasteiger partial charge in [-0.3, -0.25) is 9.59 Å². The largest absolute Gasteiger partial charge is 0.444 e. The van der Waals surface area contributed by atoms with Crippen molar-refractivity contribution < 1.29 is 27.9 Å². The van der Waals surface area contributed by atoms with E-state index in [1.54, 1.807) is 25.3 Å². The molecule has 11 heteroatoms. The van der Waals surface area contributed by atoms with Crippen molar-refractivity contribution in [1.29, 1.82) is 0 Å². The molecule has 1 aromatic carbocycles. The molecule has 1 aliphatic heterocycles. The van der Waals surface area contributed by atoms with Crippen molar-refractivity contribution in [3.05, 3.63) is 41.2 Å². The SMILES string of the molecule is CNC(=O)[C@@H](NC(=O)c1nc(-c2ccc(F)c(F)c2)n2c1CN(C(=O)OC(C)(C)C)CC(C)(C)C2)C(C)(C)C.